The molecule has 0 saturated carbocycles. The van der Waals surface area contributed by atoms with Crippen molar-refractivity contribution < 1.29 is 18.0 Å². The molecule has 3 rings (SSSR count). The summed E-state index contributed by atoms with van der Waals surface area (Å²) >= 11 is 0. The summed E-state index contributed by atoms with van der Waals surface area (Å²) in [5, 5.41) is 13.9. The summed E-state index contributed by atoms with van der Waals surface area (Å²) in [6.07, 6.45) is -2.34. The lowest BCUT2D eigenvalue weighted by molar-refractivity contribution is -0.137. The highest BCUT2D eigenvalue weighted by Crippen LogP contribution is 2.30. The Morgan fingerprint density at radius 3 is 2.78 bits per heavy atom. The van der Waals surface area contributed by atoms with Gasteiger partial charge in [0.05, 0.1) is 17.6 Å². The molecule has 0 unspecified atom stereocenters. The first-order valence-electron chi connectivity index (χ1n) is 8.67. The fourth-order valence-corrected chi connectivity index (χ4v) is 3.36. The van der Waals surface area contributed by atoms with Gasteiger partial charge in [-0.2, -0.15) is 13.2 Å². The van der Waals surface area contributed by atoms with Gasteiger partial charge in [0, 0.05) is 19.1 Å². The van der Waals surface area contributed by atoms with Crippen LogP contribution in [0.25, 0.3) is 0 Å². The number of hydrogen-bond donors (Lipinski definition) is 1. The number of benzene rings is 1. The van der Waals surface area contributed by atoms with Crippen LogP contribution in [0.2, 0.25) is 0 Å². The highest BCUT2D eigenvalue weighted by molar-refractivity contribution is 5.82. The summed E-state index contributed by atoms with van der Waals surface area (Å²) in [4.78, 5) is 14.7. The fourth-order valence-electron chi connectivity index (χ4n) is 3.36. The van der Waals surface area contributed by atoms with E-state index in [-0.39, 0.29) is 30.6 Å². The zero-order valence-corrected chi connectivity index (χ0v) is 15.0. The summed E-state index contributed by atoms with van der Waals surface area (Å²) in [5.74, 6) is -0.211. The molecule has 1 aromatic heterocycles. The Morgan fingerprint density at radius 2 is 2.15 bits per heavy atom. The number of tetrazole rings is 1. The number of carbonyl (C=O) groups is 1. The third kappa shape index (κ3) is 4.44. The zero-order chi connectivity index (χ0) is 19.6. The van der Waals surface area contributed by atoms with E-state index >= 15 is 0 Å². The first-order chi connectivity index (χ1) is 12.8. The van der Waals surface area contributed by atoms with Gasteiger partial charge in [0.15, 0.2) is 0 Å². The lowest BCUT2D eigenvalue weighted by atomic mass is 10.1. The minimum Gasteiger partial charge on any atom is -0.351 e. The third-order valence-electron chi connectivity index (χ3n) is 4.74. The second kappa shape index (κ2) is 7.63. The number of rotatable bonds is 5. The molecule has 0 bridgehead atoms. The molecule has 1 aliphatic heterocycles. The van der Waals surface area contributed by atoms with Crippen LogP contribution in [0.4, 0.5) is 13.2 Å². The molecule has 1 amide bonds. The molecule has 1 aromatic carbocycles. The SMILES string of the molecule is CC(C)N1C[C@H](n2cnnn2)C[C@H]1C(=O)NCc1cccc(C(F)(F)F)c1. The van der Waals surface area contributed by atoms with E-state index in [0.29, 0.717) is 18.5 Å². The maximum Gasteiger partial charge on any atom is 0.416 e. The van der Waals surface area contributed by atoms with Crippen LogP contribution in [-0.2, 0) is 17.5 Å². The summed E-state index contributed by atoms with van der Waals surface area (Å²) in [6, 6.07) is 4.70. The Hall–Kier alpha value is -2.49. The van der Waals surface area contributed by atoms with Crippen molar-refractivity contribution in [3.8, 4) is 0 Å². The molecular formula is C17H21F3N6O. The minimum atomic E-state index is -4.40. The summed E-state index contributed by atoms with van der Waals surface area (Å²) in [6.45, 7) is 4.66. The molecule has 2 heterocycles. The van der Waals surface area contributed by atoms with Gasteiger partial charge < -0.3 is 5.32 Å². The van der Waals surface area contributed by atoms with Gasteiger partial charge in [-0.3, -0.25) is 9.69 Å². The maximum absolute atomic E-state index is 12.8. The van der Waals surface area contributed by atoms with Crippen LogP contribution in [0.3, 0.4) is 0 Å². The van der Waals surface area contributed by atoms with Crippen molar-refractivity contribution in [2.24, 2.45) is 0 Å². The van der Waals surface area contributed by atoms with Crippen LogP contribution in [0.1, 0.15) is 37.4 Å². The summed E-state index contributed by atoms with van der Waals surface area (Å²) in [5.41, 5.74) is -0.318. The summed E-state index contributed by atoms with van der Waals surface area (Å²) < 4.78 is 40.1. The lowest BCUT2D eigenvalue weighted by Crippen LogP contribution is -2.45. The second-order valence-electron chi connectivity index (χ2n) is 6.90. The molecule has 10 heteroatoms. The second-order valence-corrected chi connectivity index (χ2v) is 6.90. The van der Waals surface area contributed by atoms with Crippen molar-refractivity contribution in [2.75, 3.05) is 6.54 Å². The van der Waals surface area contributed by atoms with Crippen LogP contribution in [-0.4, -0.2) is 49.6 Å². The minimum absolute atomic E-state index is 0.0216. The predicted molar refractivity (Wildman–Crippen MR) is 90.4 cm³/mol. The van der Waals surface area contributed by atoms with E-state index in [1.54, 1.807) is 10.7 Å². The number of nitrogens with one attached hydrogen (secondary N) is 1. The van der Waals surface area contributed by atoms with Crippen LogP contribution < -0.4 is 5.32 Å². The molecule has 1 fully saturated rings. The van der Waals surface area contributed by atoms with Gasteiger partial charge >= 0.3 is 6.18 Å². The van der Waals surface area contributed by atoms with Gasteiger partial charge in [0.25, 0.3) is 0 Å². The van der Waals surface area contributed by atoms with E-state index in [2.05, 4.69) is 20.8 Å². The van der Waals surface area contributed by atoms with Gasteiger partial charge in [0.2, 0.25) is 5.91 Å². The third-order valence-corrected chi connectivity index (χ3v) is 4.74. The Balaban J connectivity index is 1.66. The topological polar surface area (TPSA) is 75.9 Å². The molecule has 2 atom stereocenters. The smallest absolute Gasteiger partial charge is 0.351 e. The molecule has 1 saturated heterocycles. The van der Waals surface area contributed by atoms with Crippen molar-refractivity contribution in [2.45, 2.75) is 51.1 Å². The van der Waals surface area contributed by atoms with Crippen molar-refractivity contribution in [3.63, 3.8) is 0 Å². The molecule has 27 heavy (non-hydrogen) atoms. The van der Waals surface area contributed by atoms with E-state index in [1.165, 1.54) is 12.4 Å². The molecule has 0 spiro atoms. The zero-order valence-electron chi connectivity index (χ0n) is 15.0. The first kappa shape index (κ1) is 19.3. The number of nitrogens with zero attached hydrogens (tertiary/aromatic N) is 5. The van der Waals surface area contributed by atoms with Crippen LogP contribution in [0.5, 0.6) is 0 Å². The van der Waals surface area contributed by atoms with Crippen molar-refractivity contribution >= 4 is 5.91 Å². The Labute approximate surface area is 154 Å². The Morgan fingerprint density at radius 1 is 1.37 bits per heavy atom. The number of aromatic nitrogens is 4. The molecule has 1 aliphatic rings. The predicted octanol–water partition coefficient (Wildman–Crippen LogP) is 2.03. The van der Waals surface area contributed by atoms with Crippen molar-refractivity contribution in [3.05, 3.63) is 41.7 Å². The normalized spacial score (nSPS) is 21.0. The van der Waals surface area contributed by atoms with Crippen LogP contribution >= 0.6 is 0 Å². The molecule has 0 aliphatic carbocycles. The molecule has 0 radical (unpaired) electrons. The van der Waals surface area contributed by atoms with Gasteiger partial charge in [-0.1, -0.05) is 12.1 Å². The average Bonchev–Trinajstić information content (AvgIpc) is 3.28. The number of halogens is 3. The Bertz CT molecular complexity index is 777. The number of hydrogen-bond acceptors (Lipinski definition) is 5. The van der Waals surface area contributed by atoms with Crippen LogP contribution in [0, 0.1) is 0 Å². The van der Waals surface area contributed by atoms with Crippen molar-refractivity contribution in [1.29, 1.82) is 0 Å². The highest BCUT2D eigenvalue weighted by atomic mass is 19.4. The van der Waals surface area contributed by atoms with Gasteiger partial charge in [-0.05, 0) is 48.4 Å². The van der Waals surface area contributed by atoms with Crippen molar-refractivity contribution in [1.82, 2.24) is 30.4 Å². The standard InChI is InChI=1S/C17H21F3N6O/c1-11(2)25-9-14(26-10-22-23-24-26)7-15(25)16(27)21-8-12-4-3-5-13(6-12)17(18,19)20/h3-6,10-11,14-15H,7-9H2,1-2H3,(H,21,27)/t14-,15+/m1/s1. The quantitative estimate of drug-likeness (QED) is 0.857. The van der Waals surface area contributed by atoms with E-state index < -0.39 is 11.7 Å². The van der Waals surface area contributed by atoms with E-state index in [1.807, 2.05) is 18.7 Å². The van der Waals surface area contributed by atoms with Crippen LogP contribution in [0.15, 0.2) is 30.6 Å². The Kier molecular flexibility index (Phi) is 5.45. The molecule has 146 valence electrons. The molecule has 7 nitrogen and oxygen atoms in total. The van der Waals surface area contributed by atoms with E-state index in [9.17, 15) is 18.0 Å². The van der Waals surface area contributed by atoms with Gasteiger partial charge in [-0.25, -0.2) is 4.68 Å². The number of alkyl halides is 3. The first-order valence-corrected chi connectivity index (χ1v) is 8.67. The number of likely N-dealkylation sites (tertiary alicyclic amines) is 1. The highest BCUT2D eigenvalue weighted by Gasteiger charge is 2.39. The van der Waals surface area contributed by atoms with Gasteiger partial charge in [-0.15, -0.1) is 5.10 Å². The fraction of sp³-hybridized carbons (Fsp3) is 0.529. The number of amides is 1. The monoisotopic (exact) mass is 382 g/mol. The molecular weight excluding hydrogens is 361 g/mol. The largest absolute Gasteiger partial charge is 0.416 e. The lowest BCUT2D eigenvalue weighted by Gasteiger charge is -2.27. The van der Waals surface area contributed by atoms with E-state index in [0.717, 1.165) is 12.1 Å². The average molecular weight is 382 g/mol. The van der Waals surface area contributed by atoms with Gasteiger partial charge in [0.1, 0.15) is 6.33 Å². The summed E-state index contributed by atoms with van der Waals surface area (Å²) in [7, 11) is 0. The maximum atomic E-state index is 12.8. The number of carbonyl (C=O) groups excluding carboxylic acids is 1. The molecule has 1 N–H and O–H groups in total. The van der Waals surface area contributed by atoms with E-state index in [4.69, 9.17) is 0 Å². The molecule has 2 aromatic rings.